The van der Waals surface area contributed by atoms with E-state index in [-0.39, 0.29) is 18.6 Å². The normalized spacial score (nSPS) is 29.5. The molecule has 1 aliphatic carbocycles. The first kappa shape index (κ1) is 15.1. The van der Waals surface area contributed by atoms with Gasteiger partial charge in [0, 0.05) is 25.4 Å². The standard InChI is InChI=1S/C6H13NO2.C2HF3O2/c7-5-1-4(3-8)6(9)2-5;3-2(4,5)1(6)7/h4-6,8-9H,1-3,7H2;(H,6,7)/t4-,5-,6+;/m1./s1. The molecule has 0 aromatic rings. The maximum absolute atomic E-state index is 10.5. The van der Waals surface area contributed by atoms with Crippen molar-refractivity contribution in [2.45, 2.75) is 31.2 Å². The van der Waals surface area contributed by atoms with E-state index in [0.717, 1.165) is 12.8 Å². The number of quaternary nitrogens is 1. The third kappa shape index (κ3) is 5.29. The van der Waals surface area contributed by atoms with Gasteiger partial charge in [-0.05, 0) is 0 Å². The summed E-state index contributed by atoms with van der Waals surface area (Å²) in [5, 5.41) is 26.6. The van der Waals surface area contributed by atoms with Crippen LogP contribution in [0.3, 0.4) is 0 Å². The summed E-state index contributed by atoms with van der Waals surface area (Å²) in [6.45, 7) is 0.104. The van der Waals surface area contributed by atoms with Crippen molar-refractivity contribution in [2.75, 3.05) is 6.61 Å². The molecule has 1 aliphatic rings. The van der Waals surface area contributed by atoms with Gasteiger partial charge in [0.25, 0.3) is 0 Å². The van der Waals surface area contributed by atoms with Crippen LogP contribution in [0.2, 0.25) is 0 Å². The van der Waals surface area contributed by atoms with E-state index in [2.05, 4.69) is 5.73 Å². The zero-order valence-corrected chi connectivity index (χ0v) is 8.41. The summed E-state index contributed by atoms with van der Waals surface area (Å²) >= 11 is 0. The zero-order valence-electron chi connectivity index (χ0n) is 8.41. The number of aliphatic hydroxyl groups is 2. The van der Waals surface area contributed by atoms with Crippen molar-refractivity contribution in [3.8, 4) is 0 Å². The maximum Gasteiger partial charge on any atom is 0.430 e. The molecule has 0 aromatic carbocycles. The van der Waals surface area contributed by atoms with E-state index in [1.165, 1.54) is 0 Å². The Balaban J connectivity index is 0.000000293. The van der Waals surface area contributed by atoms with Gasteiger partial charge in [0.15, 0.2) is 0 Å². The molecule has 0 unspecified atom stereocenters. The van der Waals surface area contributed by atoms with Gasteiger partial charge < -0.3 is 25.8 Å². The van der Waals surface area contributed by atoms with Gasteiger partial charge in [-0.1, -0.05) is 0 Å². The fourth-order valence-electron chi connectivity index (χ4n) is 1.41. The number of carboxylic acid groups (broad SMARTS) is 1. The Morgan fingerprint density at radius 1 is 1.44 bits per heavy atom. The van der Waals surface area contributed by atoms with Crippen LogP contribution in [-0.2, 0) is 4.79 Å². The van der Waals surface area contributed by atoms with Gasteiger partial charge in [0.05, 0.1) is 12.1 Å². The van der Waals surface area contributed by atoms with Crippen molar-refractivity contribution >= 4 is 5.97 Å². The van der Waals surface area contributed by atoms with Crippen LogP contribution in [0, 0.1) is 5.92 Å². The Bertz CT molecular complexity index is 234. The molecule has 5 N–H and O–H groups in total. The largest absolute Gasteiger partial charge is 0.542 e. The molecule has 0 heterocycles. The number of rotatable bonds is 1. The fraction of sp³-hybridized carbons (Fsp3) is 0.875. The molecule has 0 amide bonds. The number of aliphatic carboxylic acids is 1. The highest BCUT2D eigenvalue weighted by Gasteiger charge is 2.32. The molecule has 0 spiro atoms. The molecule has 96 valence electrons. The number of hydrogen-bond acceptors (Lipinski definition) is 4. The maximum atomic E-state index is 10.5. The third-order valence-electron chi connectivity index (χ3n) is 2.22. The van der Waals surface area contributed by atoms with E-state index >= 15 is 0 Å². The Morgan fingerprint density at radius 3 is 2.00 bits per heavy atom. The number of hydrogen-bond donors (Lipinski definition) is 3. The minimum atomic E-state index is -5.19. The highest BCUT2D eigenvalue weighted by molar-refractivity contribution is 5.70. The predicted molar refractivity (Wildman–Crippen MR) is 43.6 cm³/mol. The molecule has 1 fully saturated rings. The monoisotopic (exact) mass is 245 g/mol. The van der Waals surface area contributed by atoms with Crippen LogP contribution < -0.4 is 10.8 Å². The van der Waals surface area contributed by atoms with Crippen molar-refractivity contribution < 1.29 is 39.0 Å². The molecule has 1 rings (SSSR count). The minimum absolute atomic E-state index is 0.0903. The zero-order chi connectivity index (χ0) is 12.9. The molecule has 3 atom stereocenters. The molecule has 0 aromatic heterocycles. The minimum Gasteiger partial charge on any atom is -0.542 e. The molecule has 5 nitrogen and oxygen atoms in total. The van der Waals surface area contributed by atoms with Crippen LogP contribution in [0.15, 0.2) is 0 Å². The lowest BCUT2D eigenvalue weighted by molar-refractivity contribution is -0.418. The van der Waals surface area contributed by atoms with E-state index in [1.807, 2.05) is 0 Å². The summed E-state index contributed by atoms with van der Waals surface area (Å²) in [6.07, 6.45) is -3.87. The number of aliphatic hydroxyl groups excluding tert-OH is 2. The second kappa shape index (κ2) is 6.02. The van der Waals surface area contributed by atoms with E-state index in [0.29, 0.717) is 6.04 Å². The van der Waals surface area contributed by atoms with Crippen molar-refractivity contribution in [2.24, 2.45) is 5.92 Å². The second-order valence-corrected chi connectivity index (χ2v) is 3.63. The van der Waals surface area contributed by atoms with E-state index < -0.39 is 12.1 Å². The molecular weight excluding hydrogens is 231 g/mol. The molecule has 1 saturated carbocycles. The van der Waals surface area contributed by atoms with Crippen LogP contribution in [0.4, 0.5) is 13.2 Å². The Labute approximate surface area is 89.7 Å². The van der Waals surface area contributed by atoms with E-state index in [9.17, 15) is 13.2 Å². The number of alkyl halides is 3. The van der Waals surface area contributed by atoms with Crippen LogP contribution in [0.1, 0.15) is 12.8 Å². The van der Waals surface area contributed by atoms with E-state index in [4.69, 9.17) is 20.1 Å². The molecule has 0 aliphatic heterocycles. The Kier molecular flexibility index (Phi) is 5.70. The number of carbonyl (C=O) groups excluding carboxylic acids is 1. The summed E-state index contributed by atoms with van der Waals surface area (Å²) in [5.41, 5.74) is 3.82. The average molecular weight is 245 g/mol. The lowest BCUT2D eigenvalue weighted by Gasteiger charge is -2.07. The van der Waals surface area contributed by atoms with Gasteiger partial charge in [0.2, 0.25) is 0 Å². The third-order valence-corrected chi connectivity index (χ3v) is 2.22. The van der Waals surface area contributed by atoms with Crippen molar-refractivity contribution in [1.29, 1.82) is 0 Å². The van der Waals surface area contributed by atoms with Crippen molar-refractivity contribution in [3.05, 3.63) is 0 Å². The van der Waals surface area contributed by atoms with Gasteiger partial charge in [-0.25, -0.2) is 0 Å². The summed E-state index contributed by atoms with van der Waals surface area (Å²) < 4.78 is 31.5. The summed E-state index contributed by atoms with van der Waals surface area (Å²) in [7, 11) is 0. The number of carbonyl (C=O) groups is 1. The van der Waals surface area contributed by atoms with Crippen molar-refractivity contribution in [1.82, 2.24) is 0 Å². The first-order chi connectivity index (χ1) is 7.18. The second-order valence-electron chi connectivity index (χ2n) is 3.63. The quantitative estimate of drug-likeness (QED) is 0.481. The van der Waals surface area contributed by atoms with Crippen LogP contribution >= 0.6 is 0 Å². The van der Waals surface area contributed by atoms with Gasteiger partial charge in [-0.3, -0.25) is 0 Å². The first-order valence-corrected chi connectivity index (χ1v) is 4.58. The average Bonchev–Trinajstić information content (AvgIpc) is 2.44. The molecule has 8 heteroatoms. The molecule has 16 heavy (non-hydrogen) atoms. The van der Waals surface area contributed by atoms with Crippen molar-refractivity contribution in [3.63, 3.8) is 0 Å². The van der Waals surface area contributed by atoms with Crippen LogP contribution in [0.25, 0.3) is 0 Å². The molecular formula is C8H14F3NO4. The van der Waals surface area contributed by atoms with Gasteiger partial charge in [-0.15, -0.1) is 0 Å². The number of halogens is 3. The fourth-order valence-corrected chi connectivity index (χ4v) is 1.41. The van der Waals surface area contributed by atoms with Gasteiger partial charge in [0.1, 0.15) is 5.97 Å². The Hall–Kier alpha value is -0.860. The highest BCUT2D eigenvalue weighted by Crippen LogP contribution is 2.22. The first-order valence-electron chi connectivity index (χ1n) is 4.58. The van der Waals surface area contributed by atoms with Crippen LogP contribution in [0.5, 0.6) is 0 Å². The molecule has 0 saturated heterocycles. The predicted octanol–water partition coefficient (Wildman–Crippen LogP) is -2.34. The summed E-state index contributed by atoms with van der Waals surface area (Å²) in [4.78, 5) is 8.78. The van der Waals surface area contributed by atoms with E-state index in [1.54, 1.807) is 0 Å². The molecule has 0 radical (unpaired) electrons. The summed E-state index contributed by atoms with van der Waals surface area (Å²) in [5.74, 6) is -2.92. The lowest BCUT2D eigenvalue weighted by Crippen LogP contribution is -2.59. The lowest BCUT2D eigenvalue weighted by atomic mass is 10.1. The smallest absolute Gasteiger partial charge is 0.430 e. The Morgan fingerprint density at radius 2 is 1.88 bits per heavy atom. The van der Waals surface area contributed by atoms with Crippen LogP contribution in [-0.4, -0.2) is 41.1 Å². The summed E-state index contributed by atoms with van der Waals surface area (Å²) in [6, 6.07) is 0.345. The number of carboxylic acids is 1. The van der Waals surface area contributed by atoms with Gasteiger partial charge >= 0.3 is 6.18 Å². The SMILES string of the molecule is O=C([O-])C(F)(F)F.[NH3+][C@@H]1C[C@H](CO)[C@@H](O)C1. The molecule has 0 bridgehead atoms. The topological polar surface area (TPSA) is 108 Å². The highest BCUT2D eigenvalue weighted by atomic mass is 19.4. The van der Waals surface area contributed by atoms with Gasteiger partial charge in [-0.2, -0.15) is 13.2 Å².